The van der Waals surface area contributed by atoms with Crippen LogP contribution in [0, 0.1) is 6.92 Å². The van der Waals surface area contributed by atoms with Crippen molar-refractivity contribution in [2.24, 2.45) is 0 Å². The van der Waals surface area contributed by atoms with E-state index in [1.54, 1.807) is 0 Å². The largest absolute Gasteiger partial charge is 0.392 e. The van der Waals surface area contributed by atoms with Gasteiger partial charge in [-0.1, -0.05) is 42.0 Å². The van der Waals surface area contributed by atoms with Crippen LogP contribution in [0.15, 0.2) is 42.5 Å². The van der Waals surface area contributed by atoms with Gasteiger partial charge in [-0.3, -0.25) is 0 Å². The van der Waals surface area contributed by atoms with E-state index >= 15 is 0 Å². The van der Waals surface area contributed by atoms with Crippen molar-refractivity contribution >= 4 is 5.69 Å². The lowest BCUT2D eigenvalue weighted by atomic mass is 9.99. The second-order valence-corrected chi connectivity index (χ2v) is 5.63. The van der Waals surface area contributed by atoms with Crippen molar-refractivity contribution in [2.75, 3.05) is 11.4 Å². The third-order valence-corrected chi connectivity index (χ3v) is 4.03. The van der Waals surface area contributed by atoms with Gasteiger partial charge in [-0.2, -0.15) is 0 Å². The Labute approximate surface area is 120 Å². The van der Waals surface area contributed by atoms with E-state index in [-0.39, 0.29) is 6.61 Å². The highest BCUT2D eigenvalue weighted by Gasteiger charge is 2.16. The molecule has 1 aliphatic heterocycles. The lowest BCUT2D eigenvalue weighted by Crippen LogP contribution is -2.28. The van der Waals surface area contributed by atoms with Crippen LogP contribution in [0.1, 0.15) is 28.7 Å². The Morgan fingerprint density at radius 3 is 2.55 bits per heavy atom. The molecule has 0 aromatic heterocycles. The standard InChI is InChI=1S/C18H21NO/c1-14-4-9-18-17(11-14)3-2-10-19(18)12-15-5-7-16(13-20)8-6-15/h4-9,11,20H,2-3,10,12-13H2,1H3. The van der Waals surface area contributed by atoms with Crippen molar-refractivity contribution in [3.8, 4) is 0 Å². The molecule has 2 heteroatoms. The number of hydrogen-bond donors (Lipinski definition) is 1. The SMILES string of the molecule is Cc1ccc2c(c1)CCCN2Cc1ccc(CO)cc1. The highest BCUT2D eigenvalue weighted by Crippen LogP contribution is 2.29. The van der Waals surface area contributed by atoms with E-state index in [9.17, 15) is 0 Å². The second-order valence-electron chi connectivity index (χ2n) is 5.63. The number of anilines is 1. The minimum Gasteiger partial charge on any atom is -0.392 e. The maximum atomic E-state index is 9.10. The van der Waals surface area contributed by atoms with E-state index in [0.717, 1.165) is 18.7 Å². The van der Waals surface area contributed by atoms with Crippen LogP contribution in [0.25, 0.3) is 0 Å². The maximum absolute atomic E-state index is 9.10. The molecule has 2 nitrogen and oxygen atoms in total. The molecule has 3 rings (SSSR count). The molecule has 0 atom stereocenters. The van der Waals surface area contributed by atoms with Crippen molar-refractivity contribution < 1.29 is 5.11 Å². The summed E-state index contributed by atoms with van der Waals surface area (Å²) in [4.78, 5) is 2.46. The first kappa shape index (κ1) is 13.2. The smallest absolute Gasteiger partial charge is 0.0681 e. The molecule has 1 N–H and O–H groups in total. The molecule has 2 aromatic carbocycles. The number of rotatable bonds is 3. The zero-order chi connectivity index (χ0) is 13.9. The molecular weight excluding hydrogens is 246 g/mol. The molecular formula is C18H21NO. The molecule has 0 aliphatic carbocycles. The fourth-order valence-corrected chi connectivity index (χ4v) is 2.94. The van der Waals surface area contributed by atoms with E-state index in [4.69, 9.17) is 5.11 Å². The van der Waals surface area contributed by atoms with Crippen molar-refractivity contribution in [3.05, 3.63) is 64.7 Å². The number of fused-ring (bicyclic) bond motifs is 1. The summed E-state index contributed by atoms with van der Waals surface area (Å²) in [5.41, 5.74) is 6.48. The van der Waals surface area contributed by atoms with Gasteiger partial charge in [-0.05, 0) is 42.5 Å². The number of hydrogen-bond acceptors (Lipinski definition) is 2. The predicted octanol–water partition coefficient (Wildman–Crippen LogP) is 3.44. The highest BCUT2D eigenvalue weighted by molar-refractivity contribution is 5.57. The van der Waals surface area contributed by atoms with Crippen LogP contribution >= 0.6 is 0 Å². The molecule has 0 saturated carbocycles. The summed E-state index contributed by atoms with van der Waals surface area (Å²) in [7, 11) is 0. The van der Waals surface area contributed by atoms with Crippen molar-refractivity contribution in [3.63, 3.8) is 0 Å². The van der Waals surface area contributed by atoms with Gasteiger partial charge in [0, 0.05) is 18.8 Å². The van der Waals surface area contributed by atoms with Gasteiger partial charge in [0.25, 0.3) is 0 Å². The molecule has 0 saturated heterocycles. The second kappa shape index (κ2) is 5.68. The molecule has 0 amide bonds. The Bertz CT molecular complexity index is 589. The van der Waals surface area contributed by atoms with E-state index in [1.165, 1.54) is 35.2 Å². The van der Waals surface area contributed by atoms with Gasteiger partial charge in [0.05, 0.1) is 6.61 Å². The molecule has 0 bridgehead atoms. The zero-order valence-electron chi connectivity index (χ0n) is 12.0. The Morgan fingerprint density at radius 1 is 1.05 bits per heavy atom. The van der Waals surface area contributed by atoms with Gasteiger partial charge >= 0.3 is 0 Å². The molecule has 1 heterocycles. The number of benzene rings is 2. The van der Waals surface area contributed by atoms with E-state index in [0.29, 0.717) is 0 Å². The van der Waals surface area contributed by atoms with Crippen LogP contribution in [0.5, 0.6) is 0 Å². The average Bonchev–Trinajstić information content (AvgIpc) is 2.48. The van der Waals surface area contributed by atoms with Crippen molar-refractivity contribution in [1.29, 1.82) is 0 Å². The third-order valence-electron chi connectivity index (χ3n) is 4.03. The maximum Gasteiger partial charge on any atom is 0.0681 e. The van der Waals surface area contributed by atoms with Crippen LogP contribution in [0.3, 0.4) is 0 Å². The van der Waals surface area contributed by atoms with Gasteiger partial charge in [-0.25, -0.2) is 0 Å². The summed E-state index contributed by atoms with van der Waals surface area (Å²) in [5.74, 6) is 0. The van der Waals surface area contributed by atoms with Gasteiger partial charge in [0.15, 0.2) is 0 Å². The van der Waals surface area contributed by atoms with Gasteiger partial charge < -0.3 is 10.0 Å². The first-order valence-electron chi connectivity index (χ1n) is 7.29. The predicted molar refractivity (Wildman–Crippen MR) is 82.9 cm³/mol. The number of nitrogens with zero attached hydrogens (tertiary/aromatic N) is 1. The Balaban J connectivity index is 1.81. The average molecular weight is 267 g/mol. The molecule has 0 unspecified atom stereocenters. The van der Waals surface area contributed by atoms with Crippen LogP contribution < -0.4 is 4.90 Å². The first-order valence-corrected chi connectivity index (χ1v) is 7.29. The summed E-state index contributed by atoms with van der Waals surface area (Å²) in [5, 5.41) is 9.10. The molecule has 0 fully saturated rings. The Morgan fingerprint density at radius 2 is 1.80 bits per heavy atom. The summed E-state index contributed by atoms with van der Waals surface area (Å²) in [6.07, 6.45) is 2.42. The quantitative estimate of drug-likeness (QED) is 0.921. The summed E-state index contributed by atoms with van der Waals surface area (Å²) in [6.45, 7) is 4.35. The van der Waals surface area contributed by atoms with Crippen LogP contribution in [0.4, 0.5) is 5.69 Å². The monoisotopic (exact) mass is 267 g/mol. The minimum absolute atomic E-state index is 0.117. The fraction of sp³-hybridized carbons (Fsp3) is 0.333. The van der Waals surface area contributed by atoms with E-state index < -0.39 is 0 Å². The fourth-order valence-electron chi connectivity index (χ4n) is 2.94. The Kier molecular flexibility index (Phi) is 3.75. The third kappa shape index (κ3) is 2.70. The minimum atomic E-state index is 0.117. The molecule has 0 spiro atoms. The first-order chi connectivity index (χ1) is 9.76. The summed E-state index contributed by atoms with van der Waals surface area (Å²) >= 11 is 0. The van der Waals surface area contributed by atoms with E-state index in [1.807, 2.05) is 12.1 Å². The summed E-state index contributed by atoms with van der Waals surface area (Å²) in [6, 6.07) is 15.0. The lowest BCUT2D eigenvalue weighted by Gasteiger charge is -2.31. The molecule has 20 heavy (non-hydrogen) atoms. The molecule has 0 radical (unpaired) electrons. The summed E-state index contributed by atoms with van der Waals surface area (Å²) < 4.78 is 0. The number of aliphatic hydroxyl groups is 1. The van der Waals surface area contributed by atoms with Gasteiger partial charge in [0.2, 0.25) is 0 Å². The van der Waals surface area contributed by atoms with Crippen LogP contribution in [0.2, 0.25) is 0 Å². The lowest BCUT2D eigenvalue weighted by molar-refractivity contribution is 0.282. The molecule has 2 aromatic rings. The molecule has 1 aliphatic rings. The van der Waals surface area contributed by atoms with Gasteiger partial charge in [-0.15, -0.1) is 0 Å². The van der Waals surface area contributed by atoms with Crippen molar-refractivity contribution in [1.82, 2.24) is 0 Å². The normalized spacial score (nSPS) is 14.2. The highest BCUT2D eigenvalue weighted by atomic mass is 16.3. The number of aryl methyl sites for hydroxylation is 2. The topological polar surface area (TPSA) is 23.5 Å². The Hall–Kier alpha value is -1.80. The number of aliphatic hydroxyl groups excluding tert-OH is 1. The molecule has 104 valence electrons. The van der Waals surface area contributed by atoms with Gasteiger partial charge in [0.1, 0.15) is 0 Å². The van der Waals surface area contributed by atoms with E-state index in [2.05, 4.69) is 42.2 Å². The van der Waals surface area contributed by atoms with Crippen LogP contribution in [-0.2, 0) is 19.6 Å². The van der Waals surface area contributed by atoms with Crippen molar-refractivity contribution in [2.45, 2.75) is 32.9 Å². The van der Waals surface area contributed by atoms with Crippen LogP contribution in [-0.4, -0.2) is 11.7 Å². The zero-order valence-corrected chi connectivity index (χ0v) is 12.0.